The van der Waals surface area contributed by atoms with E-state index in [0.29, 0.717) is 12.3 Å². The topological polar surface area (TPSA) is 56.3 Å². The first-order valence-electron chi connectivity index (χ1n) is 6.97. The van der Waals surface area contributed by atoms with Crippen LogP contribution in [0.3, 0.4) is 0 Å². The molecule has 0 radical (unpaired) electrons. The third kappa shape index (κ3) is 2.79. The lowest BCUT2D eigenvalue weighted by Crippen LogP contribution is -2.04. The predicted octanol–water partition coefficient (Wildman–Crippen LogP) is 3.26. The van der Waals surface area contributed by atoms with Crippen molar-refractivity contribution in [2.45, 2.75) is 6.54 Å². The van der Waals surface area contributed by atoms with Crippen molar-refractivity contribution in [1.29, 1.82) is 0 Å². The molecule has 2 aromatic carbocycles. The Morgan fingerprint density at radius 2 is 1.77 bits per heavy atom. The Balaban J connectivity index is 1.82. The van der Waals surface area contributed by atoms with Crippen LogP contribution in [0.1, 0.15) is 5.56 Å². The van der Waals surface area contributed by atoms with Crippen LogP contribution >= 0.6 is 0 Å². The Kier molecular flexibility index (Phi) is 4.05. The highest BCUT2D eigenvalue weighted by molar-refractivity contribution is 5.75. The summed E-state index contributed by atoms with van der Waals surface area (Å²) in [6.45, 7) is 0.577. The third-order valence-electron chi connectivity index (χ3n) is 3.39. The number of methoxy groups -OCH3 is 2. The lowest BCUT2D eigenvalue weighted by Gasteiger charge is -2.13. The van der Waals surface area contributed by atoms with Crippen molar-refractivity contribution in [3.05, 3.63) is 54.2 Å². The summed E-state index contributed by atoms with van der Waals surface area (Å²) in [5.74, 6) is 2.17. The molecule has 5 heteroatoms. The van der Waals surface area contributed by atoms with Gasteiger partial charge < -0.3 is 14.8 Å². The first-order chi connectivity index (χ1) is 10.8. The van der Waals surface area contributed by atoms with Crippen LogP contribution in [0.2, 0.25) is 0 Å². The number of benzene rings is 2. The summed E-state index contributed by atoms with van der Waals surface area (Å²) >= 11 is 0. The maximum Gasteiger partial charge on any atom is 0.165 e. The fraction of sp³-hybridized carbons (Fsp3) is 0.176. The van der Waals surface area contributed by atoms with E-state index >= 15 is 0 Å². The molecule has 3 rings (SSSR count). The Bertz CT molecular complexity index is 790. The molecular formula is C17H17N3O2. The third-order valence-corrected chi connectivity index (χ3v) is 3.39. The standard InChI is InChI=1S/C17H17N3O2/c1-21-15-9-5-6-12(17(15)22-2)10-19-16-11-18-13-7-3-4-8-14(13)20-16/h3-9,11H,10H2,1-2H3,(H,19,20). The molecule has 112 valence electrons. The van der Waals surface area contributed by atoms with Crippen LogP contribution in [0, 0.1) is 0 Å². The number of aromatic nitrogens is 2. The molecule has 0 fully saturated rings. The van der Waals surface area contributed by atoms with Gasteiger partial charge in [0.2, 0.25) is 0 Å². The molecule has 0 saturated carbocycles. The number of fused-ring (bicyclic) bond motifs is 1. The second-order valence-corrected chi connectivity index (χ2v) is 4.75. The van der Waals surface area contributed by atoms with Crippen molar-refractivity contribution in [3.63, 3.8) is 0 Å². The smallest absolute Gasteiger partial charge is 0.165 e. The van der Waals surface area contributed by atoms with Gasteiger partial charge >= 0.3 is 0 Å². The van der Waals surface area contributed by atoms with Crippen LogP contribution in [0.25, 0.3) is 11.0 Å². The Morgan fingerprint density at radius 1 is 0.955 bits per heavy atom. The van der Waals surface area contributed by atoms with Crippen molar-refractivity contribution < 1.29 is 9.47 Å². The average Bonchev–Trinajstić information content (AvgIpc) is 2.59. The zero-order chi connectivity index (χ0) is 15.4. The highest BCUT2D eigenvalue weighted by Crippen LogP contribution is 2.31. The molecule has 0 saturated heterocycles. The van der Waals surface area contributed by atoms with Crippen LogP contribution in [0.15, 0.2) is 48.7 Å². The quantitative estimate of drug-likeness (QED) is 0.783. The van der Waals surface area contributed by atoms with E-state index in [4.69, 9.17) is 9.47 Å². The molecule has 0 aliphatic rings. The number of hydrogen-bond donors (Lipinski definition) is 1. The molecule has 1 N–H and O–H groups in total. The van der Waals surface area contributed by atoms with E-state index < -0.39 is 0 Å². The van der Waals surface area contributed by atoms with Crippen molar-refractivity contribution in [3.8, 4) is 11.5 Å². The minimum Gasteiger partial charge on any atom is -0.493 e. The lowest BCUT2D eigenvalue weighted by atomic mass is 10.2. The molecule has 5 nitrogen and oxygen atoms in total. The molecular weight excluding hydrogens is 278 g/mol. The second-order valence-electron chi connectivity index (χ2n) is 4.75. The van der Waals surface area contributed by atoms with Gasteiger partial charge in [0.15, 0.2) is 11.5 Å². The molecule has 0 bridgehead atoms. The summed E-state index contributed by atoms with van der Waals surface area (Å²) < 4.78 is 10.7. The van der Waals surface area contributed by atoms with E-state index in [1.54, 1.807) is 20.4 Å². The highest BCUT2D eigenvalue weighted by Gasteiger charge is 2.09. The van der Waals surface area contributed by atoms with Crippen LogP contribution in [-0.4, -0.2) is 24.2 Å². The van der Waals surface area contributed by atoms with Crippen molar-refractivity contribution >= 4 is 16.9 Å². The van der Waals surface area contributed by atoms with Crippen LogP contribution in [0.4, 0.5) is 5.82 Å². The van der Waals surface area contributed by atoms with Crippen molar-refractivity contribution in [2.75, 3.05) is 19.5 Å². The Hall–Kier alpha value is -2.82. The van der Waals surface area contributed by atoms with Gasteiger partial charge in [-0.25, -0.2) is 4.98 Å². The number of para-hydroxylation sites is 3. The number of rotatable bonds is 5. The SMILES string of the molecule is COc1cccc(CNc2cnc3ccccc3n2)c1OC. The zero-order valence-electron chi connectivity index (χ0n) is 12.5. The zero-order valence-corrected chi connectivity index (χ0v) is 12.5. The van der Waals surface area contributed by atoms with E-state index in [1.165, 1.54) is 0 Å². The largest absolute Gasteiger partial charge is 0.493 e. The monoisotopic (exact) mass is 295 g/mol. The number of anilines is 1. The summed E-state index contributed by atoms with van der Waals surface area (Å²) in [7, 11) is 3.26. The molecule has 0 aliphatic carbocycles. The molecule has 1 aromatic heterocycles. The number of nitrogens with zero attached hydrogens (tertiary/aromatic N) is 2. The molecule has 0 amide bonds. The van der Waals surface area contributed by atoms with Gasteiger partial charge in [-0.15, -0.1) is 0 Å². The molecule has 0 atom stereocenters. The summed E-state index contributed by atoms with van der Waals surface area (Å²) in [5, 5.41) is 3.27. The minimum absolute atomic E-state index is 0.577. The molecule has 3 aromatic rings. The van der Waals surface area contributed by atoms with E-state index in [9.17, 15) is 0 Å². The molecule has 0 spiro atoms. The van der Waals surface area contributed by atoms with E-state index in [0.717, 1.165) is 28.2 Å². The van der Waals surface area contributed by atoms with Crippen molar-refractivity contribution in [1.82, 2.24) is 9.97 Å². The maximum absolute atomic E-state index is 5.42. The molecule has 22 heavy (non-hydrogen) atoms. The van der Waals surface area contributed by atoms with E-state index in [-0.39, 0.29) is 0 Å². The Labute approximate surface area is 128 Å². The molecule has 0 aliphatic heterocycles. The van der Waals surface area contributed by atoms with Gasteiger partial charge in [-0.1, -0.05) is 24.3 Å². The number of nitrogens with one attached hydrogen (secondary N) is 1. The van der Waals surface area contributed by atoms with Gasteiger partial charge in [-0.05, 0) is 18.2 Å². The Morgan fingerprint density at radius 3 is 2.55 bits per heavy atom. The summed E-state index contributed by atoms with van der Waals surface area (Å²) in [6.07, 6.45) is 1.73. The minimum atomic E-state index is 0.577. The summed E-state index contributed by atoms with van der Waals surface area (Å²) in [6, 6.07) is 13.6. The molecule has 0 unspecified atom stereocenters. The van der Waals surface area contributed by atoms with Gasteiger partial charge in [0, 0.05) is 12.1 Å². The number of hydrogen-bond acceptors (Lipinski definition) is 5. The normalized spacial score (nSPS) is 10.5. The molecule has 1 heterocycles. The summed E-state index contributed by atoms with van der Waals surface area (Å²) in [5.41, 5.74) is 2.74. The fourth-order valence-corrected chi connectivity index (χ4v) is 2.32. The van der Waals surface area contributed by atoms with Crippen LogP contribution in [0.5, 0.6) is 11.5 Å². The predicted molar refractivity (Wildman–Crippen MR) is 86.4 cm³/mol. The number of ether oxygens (including phenoxy) is 2. The van der Waals surface area contributed by atoms with Gasteiger partial charge in [0.1, 0.15) is 5.82 Å². The van der Waals surface area contributed by atoms with Crippen molar-refractivity contribution in [2.24, 2.45) is 0 Å². The van der Waals surface area contributed by atoms with Crippen LogP contribution < -0.4 is 14.8 Å². The average molecular weight is 295 g/mol. The van der Waals surface area contributed by atoms with Gasteiger partial charge in [-0.3, -0.25) is 4.98 Å². The highest BCUT2D eigenvalue weighted by atomic mass is 16.5. The maximum atomic E-state index is 5.42. The summed E-state index contributed by atoms with van der Waals surface area (Å²) in [4.78, 5) is 8.93. The van der Waals surface area contributed by atoms with Gasteiger partial charge in [-0.2, -0.15) is 0 Å². The van der Waals surface area contributed by atoms with Gasteiger partial charge in [0.05, 0.1) is 31.4 Å². The van der Waals surface area contributed by atoms with Gasteiger partial charge in [0.25, 0.3) is 0 Å². The second kappa shape index (κ2) is 6.30. The first-order valence-corrected chi connectivity index (χ1v) is 6.97. The van der Waals surface area contributed by atoms with E-state index in [1.807, 2.05) is 42.5 Å². The van der Waals surface area contributed by atoms with Crippen LogP contribution in [-0.2, 0) is 6.54 Å². The fourth-order valence-electron chi connectivity index (χ4n) is 2.32. The first kappa shape index (κ1) is 14.1. The van der Waals surface area contributed by atoms with E-state index in [2.05, 4.69) is 15.3 Å². The lowest BCUT2D eigenvalue weighted by molar-refractivity contribution is 0.352.